The van der Waals surface area contributed by atoms with Gasteiger partial charge in [0.15, 0.2) is 0 Å². The van der Waals surface area contributed by atoms with Crippen molar-refractivity contribution < 1.29 is 9.18 Å². The molecule has 0 aliphatic heterocycles. The van der Waals surface area contributed by atoms with Crippen molar-refractivity contribution in [3.05, 3.63) is 64.4 Å². The molecule has 1 atom stereocenters. The van der Waals surface area contributed by atoms with E-state index in [1.165, 1.54) is 29.3 Å². The van der Waals surface area contributed by atoms with Crippen LogP contribution in [0.25, 0.3) is 0 Å². The molecule has 3 nitrogen and oxygen atoms in total. The van der Waals surface area contributed by atoms with Crippen LogP contribution >= 0.6 is 11.6 Å². The molecule has 2 aromatic rings. The first-order valence-corrected chi connectivity index (χ1v) is 8.45. The molecule has 2 aromatic carbocycles. The lowest BCUT2D eigenvalue weighted by Crippen LogP contribution is -2.35. The maximum Gasteiger partial charge on any atom is 0.238 e. The van der Waals surface area contributed by atoms with Crippen LogP contribution < -0.4 is 5.32 Å². The zero-order valence-corrected chi connectivity index (χ0v) is 14.3. The number of halogens is 2. The Kier molecular flexibility index (Phi) is 5.17. The van der Waals surface area contributed by atoms with Crippen molar-refractivity contribution in [1.29, 1.82) is 0 Å². The number of rotatable bonds is 4. The molecular weight excluding hydrogens is 327 g/mol. The third-order valence-corrected chi connectivity index (χ3v) is 4.78. The second-order valence-electron chi connectivity index (χ2n) is 6.19. The van der Waals surface area contributed by atoms with Crippen molar-refractivity contribution in [2.75, 3.05) is 18.9 Å². The van der Waals surface area contributed by atoms with Crippen molar-refractivity contribution in [2.24, 2.45) is 0 Å². The molecule has 0 heterocycles. The Morgan fingerprint density at radius 2 is 2.12 bits per heavy atom. The van der Waals surface area contributed by atoms with E-state index in [-0.39, 0.29) is 23.5 Å². The van der Waals surface area contributed by atoms with Gasteiger partial charge in [-0.1, -0.05) is 35.9 Å². The first-order valence-electron chi connectivity index (χ1n) is 8.07. The van der Waals surface area contributed by atoms with Gasteiger partial charge in [0.1, 0.15) is 5.82 Å². The van der Waals surface area contributed by atoms with Gasteiger partial charge >= 0.3 is 0 Å². The topological polar surface area (TPSA) is 32.3 Å². The monoisotopic (exact) mass is 346 g/mol. The maximum atomic E-state index is 13.1. The Hall–Kier alpha value is -1.91. The summed E-state index contributed by atoms with van der Waals surface area (Å²) in [4.78, 5) is 14.4. The molecule has 24 heavy (non-hydrogen) atoms. The highest BCUT2D eigenvalue weighted by Gasteiger charge is 2.24. The van der Waals surface area contributed by atoms with E-state index in [1.54, 1.807) is 0 Å². The first kappa shape index (κ1) is 16.9. The van der Waals surface area contributed by atoms with E-state index in [2.05, 4.69) is 28.4 Å². The highest BCUT2D eigenvalue weighted by molar-refractivity contribution is 6.33. The van der Waals surface area contributed by atoms with Gasteiger partial charge in [-0.25, -0.2) is 4.39 Å². The van der Waals surface area contributed by atoms with Crippen LogP contribution in [0, 0.1) is 5.82 Å². The summed E-state index contributed by atoms with van der Waals surface area (Å²) < 4.78 is 13.1. The lowest BCUT2D eigenvalue weighted by atomic mass is 9.87. The predicted molar refractivity (Wildman–Crippen MR) is 94.8 cm³/mol. The summed E-state index contributed by atoms with van der Waals surface area (Å²) >= 11 is 5.96. The second kappa shape index (κ2) is 7.32. The lowest BCUT2D eigenvalue weighted by molar-refractivity contribution is -0.117. The number of amides is 1. The molecule has 1 amide bonds. The fourth-order valence-corrected chi connectivity index (χ4v) is 3.52. The Bertz CT molecular complexity index is 750. The maximum absolute atomic E-state index is 13.1. The quantitative estimate of drug-likeness (QED) is 0.888. The molecule has 0 unspecified atom stereocenters. The number of nitrogens with zero attached hydrogens (tertiary/aromatic N) is 1. The van der Waals surface area contributed by atoms with Crippen molar-refractivity contribution in [3.8, 4) is 0 Å². The van der Waals surface area contributed by atoms with E-state index in [0.29, 0.717) is 5.69 Å². The van der Waals surface area contributed by atoms with Gasteiger partial charge in [-0.2, -0.15) is 0 Å². The minimum Gasteiger partial charge on any atom is -0.324 e. The van der Waals surface area contributed by atoms with Gasteiger partial charge in [-0.05, 0) is 55.6 Å². The highest BCUT2D eigenvalue weighted by Crippen LogP contribution is 2.33. The normalized spacial score (nSPS) is 16.8. The van der Waals surface area contributed by atoms with Crippen molar-refractivity contribution in [3.63, 3.8) is 0 Å². The number of anilines is 1. The fourth-order valence-electron chi connectivity index (χ4n) is 3.30. The minimum absolute atomic E-state index is 0.158. The van der Waals surface area contributed by atoms with E-state index in [0.717, 1.165) is 19.3 Å². The van der Waals surface area contributed by atoms with E-state index in [4.69, 9.17) is 11.6 Å². The van der Waals surface area contributed by atoms with Crippen LogP contribution in [0.4, 0.5) is 10.1 Å². The number of likely N-dealkylation sites (N-methyl/N-ethyl adjacent to an activating group) is 1. The van der Waals surface area contributed by atoms with Crippen LogP contribution in [0.5, 0.6) is 0 Å². The average molecular weight is 347 g/mol. The van der Waals surface area contributed by atoms with Crippen LogP contribution in [0.2, 0.25) is 5.02 Å². The molecule has 1 N–H and O–H groups in total. The summed E-state index contributed by atoms with van der Waals surface area (Å²) in [7, 11) is 1.96. The molecule has 0 aromatic heterocycles. The number of fused-ring (bicyclic) bond motifs is 1. The third-order valence-electron chi connectivity index (χ3n) is 4.47. The minimum atomic E-state index is -0.422. The van der Waals surface area contributed by atoms with Crippen LogP contribution in [-0.4, -0.2) is 24.4 Å². The number of aryl methyl sites for hydroxylation is 1. The zero-order valence-electron chi connectivity index (χ0n) is 13.6. The summed E-state index contributed by atoms with van der Waals surface area (Å²) in [5.41, 5.74) is 3.10. The summed E-state index contributed by atoms with van der Waals surface area (Å²) in [6.45, 7) is 0.257. The van der Waals surface area contributed by atoms with Gasteiger partial charge in [0.2, 0.25) is 5.91 Å². The lowest BCUT2D eigenvalue weighted by Gasteiger charge is -2.32. The number of carbonyl (C=O) groups excluding carboxylic acids is 1. The molecule has 3 rings (SSSR count). The summed E-state index contributed by atoms with van der Waals surface area (Å²) in [5.74, 6) is -0.581. The summed E-state index contributed by atoms with van der Waals surface area (Å²) in [5, 5.41) is 2.95. The van der Waals surface area contributed by atoms with Crippen molar-refractivity contribution >= 4 is 23.2 Å². The van der Waals surface area contributed by atoms with Gasteiger partial charge in [-0.15, -0.1) is 0 Å². The molecule has 0 radical (unpaired) electrons. The SMILES string of the molecule is CN(CC(=O)Nc1ccc(F)cc1Cl)[C@@H]1CCCc2ccccc21. The number of benzene rings is 2. The van der Waals surface area contributed by atoms with Gasteiger partial charge in [0, 0.05) is 6.04 Å². The number of nitrogens with one attached hydrogen (secondary N) is 1. The van der Waals surface area contributed by atoms with Crippen LogP contribution in [0.1, 0.15) is 30.0 Å². The molecule has 0 bridgehead atoms. The summed E-state index contributed by atoms with van der Waals surface area (Å²) in [6, 6.07) is 12.6. The smallest absolute Gasteiger partial charge is 0.238 e. The zero-order chi connectivity index (χ0) is 17.1. The first-order chi connectivity index (χ1) is 11.5. The van der Waals surface area contributed by atoms with Crippen LogP contribution in [0.15, 0.2) is 42.5 Å². The van der Waals surface area contributed by atoms with Crippen molar-refractivity contribution in [1.82, 2.24) is 4.90 Å². The molecule has 0 saturated heterocycles. The Morgan fingerprint density at radius 1 is 1.33 bits per heavy atom. The molecule has 1 aliphatic carbocycles. The van der Waals surface area contributed by atoms with Gasteiger partial charge in [0.05, 0.1) is 17.3 Å². The van der Waals surface area contributed by atoms with Crippen LogP contribution in [-0.2, 0) is 11.2 Å². The Morgan fingerprint density at radius 3 is 2.92 bits per heavy atom. The standard InChI is InChI=1S/C19H20ClFN2O/c1-23(18-8-4-6-13-5-2-3-7-15(13)18)12-19(24)22-17-10-9-14(21)11-16(17)20/h2-3,5,7,9-11,18H,4,6,8,12H2,1H3,(H,22,24)/t18-/m1/s1. The van der Waals surface area contributed by atoms with E-state index in [1.807, 2.05) is 13.1 Å². The van der Waals surface area contributed by atoms with E-state index in [9.17, 15) is 9.18 Å². The predicted octanol–water partition coefficient (Wildman–Crippen LogP) is 4.43. The summed E-state index contributed by atoms with van der Waals surface area (Å²) in [6.07, 6.45) is 3.26. The molecule has 1 aliphatic rings. The molecule has 0 fully saturated rings. The molecule has 0 spiro atoms. The average Bonchev–Trinajstić information content (AvgIpc) is 2.57. The second-order valence-corrected chi connectivity index (χ2v) is 6.60. The molecular formula is C19H20ClFN2O. The molecule has 0 saturated carbocycles. The van der Waals surface area contributed by atoms with Gasteiger partial charge in [-0.3, -0.25) is 9.69 Å². The number of hydrogen-bond donors (Lipinski definition) is 1. The Balaban J connectivity index is 1.67. The molecule has 5 heteroatoms. The van der Waals surface area contributed by atoms with Gasteiger partial charge in [0.25, 0.3) is 0 Å². The Labute approximate surface area is 146 Å². The van der Waals surface area contributed by atoms with E-state index < -0.39 is 5.82 Å². The highest BCUT2D eigenvalue weighted by atomic mass is 35.5. The van der Waals surface area contributed by atoms with Gasteiger partial charge < -0.3 is 5.32 Å². The largest absolute Gasteiger partial charge is 0.324 e. The van der Waals surface area contributed by atoms with E-state index >= 15 is 0 Å². The number of carbonyl (C=O) groups is 1. The number of hydrogen-bond acceptors (Lipinski definition) is 2. The van der Waals surface area contributed by atoms with Crippen molar-refractivity contribution in [2.45, 2.75) is 25.3 Å². The van der Waals surface area contributed by atoms with Crippen LogP contribution in [0.3, 0.4) is 0 Å². The fraction of sp³-hybridized carbons (Fsp3) is 0.316. The third kappa shape index (κ3) is 3.77. The molecule has 126 valence electrons.